The first-order chi connectivity index (χ1) is 13.1. The summed E-state index contributed by atoms with van der Waals surface area (Å²) in [5, 5.41) is 0.721. The molecule has 0 amide bonds. The van der Waals surface area contributed by atoms with Crippen LogP contribution in [-0.4, -0.2) is 15.0 Å². The molecule has 0 saturated heterocycles. The zero-order chi connectivity index (χ0) is 18.8. The zero-order valence-corrected chi connectivity index (χ0v) is 15.5. The molecular formula is C22H17ClN4. The lowest BCUT2D eigenvalue weighted by molar-refractivity contribution is 1.20. The Bertz CT molecular complexity index is 1090. The molecule has 27 heavy (non-hydrogen) atoms. The van der Waals surface area contributed by atoms with E-state index in [2.05, 4.69) is 28.2 Å². The van der Waals surface area contributed by atoms with Crippen molar-refractivity contribution in [3.63, 3.8) is 0 Å². The van der Waals surface area contributed by atoms with Crippen LogP contribution >= 0.6 is 11.6 Å². The van der Waals surface area contributed by atoms with Gasteiger partial charge in [0.15, 0.2) is 0 Å². The number of nitrogens with zero attached hydrogens (tertiary/aromatic N) is 3. The average Bonchev–Trinajstić information content (AvgIpc) is 2.69. The van der Waals surface area contributed by atoms with E-state index in [0.717, 1.165) is 44.2 Å². The van der Waals surface area contributed by atoms with Crippen LogP contribution < -0.4 is 5.73 Å². The molecule has 0 radical (unpaired) electrons. The molecule has 4 nitrogen and oxygen atoms in total. The Morgan fingerprint density at radius 1 is 0.741 bits per heavy atom. The number of pyridine rings is 3. The third-order valence-electron chi connectivity index (χ3n) is 4.28. The van der Waals surface area contributed by atoms with Crippen LogP contribution in [0.3, 0.4) is 0 Å². The molecule has 2 N–H and O–H groups in total. The molecule has 0 saturated carbocycles. The van der Waals surface area contributed by atoms with Crippen molar-refractivity contribution in [1.29, 1.82) is 0 Å². The van der Waals surface area contributed by atoms with E-state index >= 15 is 0 Å². The Hall–Kier alpha value is -3.24. The lowest BCUT2D eigenvalue weighted by Gasteiger charge is -2.09. The number of anilines is 1. The summed E-state index contributed by atoms with van der Waals surface area (Å²) >= 11 is 6.01. The molecule has 0 aliphatic heterocycles. The molecule has 5 heteroatoms. The normalized spacial score (nSPS) is 10.7. The molecule has 3 heterocycles. The number of benzene rings is 1. The number of hydrogen-bond acceptors (Lipinski definition) is 4. The van der Waals surface area contributed by atoms with E-state index in [1.165, 1.54) is 0 Å². The summed E-state index contributed by atoms with van der Waals surface area (Å²) in [6.45, 7) is 1.99. The number of rotatable bonds is 3. The quantitative estimate of drug-likeness (QED) is 0.521. The molecule has 3 aromatic heterocycles. The van der Waals surface area contributed by atoms with Crippen LogP contribution in [0, 0.1) is 6.92 Å². The highest BCUT2D eigenvalue weighted by Gasteiger charge is 2.08. The fourth-order valence-electron chi connectivity index (χ4n) is 2.94. The van der Waals surface area contributed by atoms with Crippen LogP contribution in [0.15, 0.2) is 73.2 Å². The summed E-state index contributed by atoms with van der Waals surface area (Å²) in [5.74, 6) is 0.496. The highest BCUT2D eigenvalue weighted by atomic mass is 35.5. The Morgan fingerprint density at radius 2 is 1.48 bits per heavy atom. The van der Waals surface area contributed by atoms with Gasteiger partial charge in [0.1, 0.15) is 5.82 Å². The van der Waals surface area contributed by atoms with Gasteiger partial charge >= 0.3 is 0 Å². The van der Waals surface area contributed by atoms with Crippen molar-refractivity contribution in [2.24, 2.45) is 0 Å². The second-order valence-corrected chi connectivity index (χ2v) is 6.76. The summed E-state index contributed by atoms with van der Waals surface area (Å²) in [6.07, 6.45) is 5.38. The van der Waals surface area contributed by atoms with E-state index in [-0.39, 0.29) is 0 Å². The SMILES string of the molecule is Cc1cc(-c2ccc(Cl)cc2)cc(-c2cncc(-c3ccc(N)nc3)c2)n1. The molecule has 0 bridgehead atoms. The van der Waals surface area contributed by atoms with Crippen molar-refractivity contribution < 1.29 is 0 Å². The van der Waals surface area contributed by atoms with E-state index in [1.807, 2.05) is 49.6 Å². The zero-order valence-electron chi connectivity index (χ0n) is 14.7. The highest BCUT2D eigenvalue weighted by Crippen LogP contribution is 2.29. The minimum absolute atomic E-state index is 0.496. The maximum Gasteiger partial charge on any atom is 0.123 e. The number of nitrogens with two attached hydrogens (primary N) is 1. The second-order valence-electron chi connectivity index (χ2n) is 6.32. The van der Waals surface area contributed by atoms with Crippen molar-refractivity contribution >= 4 is 17.4 Å². The number of aromatic nitrogens is 3. The first-order valence-corrected chi connectivity index (χ1v) is 8.88. The summed E-state index contributed by atoms with van der Waals surface area (Å²) in [6, 6.07) is 17.7. The molecule has 4 aromatic rings. The Balaban J connectivity index is 1.76. The van der Waals surface area contributed by atoms with Crippen molar-refractivity contribution in [3.05, 3.63) is 83.9 Å². The molecule has 0 fully saturated rings. The Kier molecular flexibility index (Phi) is 4.57. The predicted molar refractivity (Wildman–Crippen MR) is 110 cm³/mol. The van der Waals surface area contributed by atoms with Gasteiger partial charge in [-0.15, -0.1) is 0 Å². The van der Waals surface area contributed by atoms with Gasteiger partial charge in [0.05, 0.1) is 5.69 Å². The first-order valence-electron chi connectivity index (χ1n) is 8.50. The lowest BCUT2D eigenvalue weighted by Crippen LogP contribution is -1.92. The van der Waals surface area contributed by atoms with Gasteiger partial charge < -0.3 is 5.73 Å². The average molecular weight is 373 g/mol. The van der Waals surface area contributed by atoms with E-state index in [4.69, 9.17) is 22.3 Å². The summed E-state index contributed by atoms with van der Waals surface area (Å²) < 4.78 is 0. The van der Waals surface area contributed by atoms with Crippen LogP contribution in [0.1, 0.15) is 5.69 Å². The highest BCUT2D eigenvalue weighted by molar-refractivity contribution is 6.30. The Morgan fingerprint density at radius 3 is 2.22 bits per heavy atom. The van der Waals surface area contributed by atoms with Crippen molar-refractivity contribution in [2.45, 2.75) is 6.92 Å². The van der Waals surface area contributed by atoms with Crippen LogP contribution in [0.4, 0.5) is 5.82 Å². The molecule has 0 aliphatic carbocycles. The van der Waals surface area contributed by atoms with Gasteiger partial charge in [0.25, 0.3) is 0 Å². The van der Waals surface area contributed by atoms with Gasteiger partial charge in [-0.1, -0.05) is 23.7 Å². The fraction of sp³-hybridized carbons (Fsp3) is 0.0455. The third-order valence-corrected chi connectivity index (χ3v) is 4.54. The maximum absolute atomic E-state index is 6.01. The fourth-order valence-corrected chi connectivity index (χ4v) is 3.07. The summed E-state index contributed by atoms with van der Waals surface area (Å²) in [4.78, 5) is 13.2. The third kappa shape index (κ3) is 3.81. The summed E-state index contributed by atoms with van der Waals surface area (Å²) in [5.41, 5.74) is 12.6. The van der Waals surface area contributed by atoms with E-state index in [9.17, 15) is 0 Å². The molecule has 0 atom stereocenters. The molecule has 0 spiro atoms. The first kappa shape index (κ1) is 17.2. The van der Waals surface area contributed by atoms with Crippen LogP contribution in [0.2, 0.25) is 5.02 Å². The molecule has 0 unspecified atom stereocenters. The number of hydrogen-bond donors (Lipinski definition) is 1. The van der Waals surface area contributed by atoms with Crippen LogP contribution in [0.5, 0.6) is 0 Å². The molecular weight excluding hydrogens is 356 g/mol. The monoisotopic (exact) mass is 372 g/mol. The van der Waals surface area contributed by atoms with Crippen molar-refractivity contribution in [2.75, 3.05) is 5.73 Å². The van der Waals surface area contributed by atoms with Gasteiger partial charge in [-0.3, -0.25) is 9.97 Å². The number of halogens is 1. The predicted octanol–water partition coefficient (Wildman–Crippen LogP) is 5.42. The lowest BCUT2D eigenvalue weighted by atomic mass is 10.0. The van der Waals surface area contributed by atoms with Crippen LogP contribution in [0.25, 0.3) is 33.5 Å². The van der Waals surface area contributed by atoms with Gasteiger partial charge in [-0.2, -0.15) is 0 Å². The largest absolute Gasteiger partial charge is 0.384 e. The number of aryl methyl sites for hydroxylation is 1. The Labute approximate surface area is 162 Å². The van der Waals surface area contributed by atoms with E-state index in [0.29, 0.717) is 5.82 Å². The number of nitrogen functional groups attached to an aromatic ring is 1. The second kappa shape index (κ2) is 7.17. The van der Waals surface area contributed by atoms with Crippen molar-refractivity contribution in [1.82, 2.24) is 15.0 Å². The van der Waals surface area contributed by atoms with E-state index < -0.39 is 0 Å². The molecule has 0 aliphatic rings. The topological polar surface area (TPSA) is 64.7 Å². The minimum atomic E-state index is 0.496. The van der Waals surface area contributed by atoms with Gasteiger partial charge in [0, 0.05) is 46.0 Å². The van der Waals surface area contributed by atoms with Gasteiger partial charge in [0.2, 0.25) is 0 Å². The maximum atomic E-state index is 6.01. The van der Waals surface area contributed by atoms with Crippen molar-refractivity contribution in [3.8, 4) is 33.5 Å². The summed E-state index contributed by atoms with van der Waals surface area (Å²) in [7, 11) is 0. The van der Waals surface area contributed by atoms with Crippen LogP contribution in [-0.2, 0) is 0 Å². The van der Waals surface area contributed by atoms with Gasteiger partial charge in [-0.25, -0.2) is 4.98 Å². The molecule has 1 aromatic carbocycles. The smallest absolute Gasteiger partial charge is 0.123 e. The standard InChI is InChI=1S/C22H17ClN4/c1-14-8-17(15-2-5-20(23)6-3-15)10-21(27-14)19-9-18(11-25-12-19)16-4-7-22(24)26-13-16/h2-13H,1H3,(H2,24,26). The van der Waals surface area contributed by atoms with E-state index in [1.54, 1.807) is 12.3 Å². The molecule has 4 rings (SSSR count). The molecule has 132 valence electrons. The minimum Gasteiger partial charge on any atom is -0.384 e. The van der Waals surface area contributed by atoms with Gasteiger partial charge in [-0.05, 0) is 60.5 Å².